The Morgan fingerprint density at radius 1 is 1.38 bits per heavy atom. The van der Waals surface area contributed by atoms with Gasteiger partial charge >= 0.3 is 5.97 Å². The van der Waals surface area contributed by atoms with Crippen LogP contribution in [-0.2, 0) is 30.8 Å². The van der Waals surface area contributed by atoms with Crippen LogP contribution in [-0.4, -0.2) is 31.8 Å². The second-order valence-corrected chi connectivity index (χ2v) is 5.44. The summed E-state index contributed by atoms with van der Waals surface area (Å²) < 4.78 is 1.86. The van der Waals surface area contributed by atoms with Gasteiger partial charge < -0.3 is 5.11 Å². The van der Waals surface area contributed by atoms with Crippen molar-refractivity contribution in [2.24, 2.45) is 0 Å². The summed E-state index contributed by atoms with van der Waals surface area (Å²) in [6, 6.07) is 7.62. The van der Waals surface area contributed by atoms with Crippen molar-refractivity contribution in [2.75, 3.05) is 0 Å². The molecule has 1 aliphatic heterocycles. The van der Waals surface area contributed by atoms with E-state index in [0.29, 0.717) is 19.5 Å². The maximum absolute atomic E-state index is 11.6. The number of benzene rings is 1. The number of hydrogen-bond donors (Lipinski definition) is 1. The molecule has 0 saturated heterocycles. The van der Waals surface area contributed by atoms with E-state index in [9.17, 15) is 9.90 Å². The third kappa shape index (κ3) is 2.83. The summed E-state index contributed by atoms with van der Waals surface area (Å²) in [7, 11) is 0. The lowest BCUT2D eigenvalue weighted by atomic mass is 9.94. The Kier molecular flexibility index (Phi) is 3.75. The predicted molar refractivity (Wildman–Crippen MR) is 78.7 cm³/mol. The molecular weight excluding hydrogens is 266 g/mol. The molecule has 0 fully saturated rings. The molecule has 1 atom stereocenters. The second kappa shape index (κ2) is 5.69. The highest BCUT2D eigenvalue weighted by Crippen LogP contribution is 2.25. The average molecular weight is 285 g/mol. The quantitative estimate of drug-likeness (QED) is 0.932. The van der Waals surface area contributed by atoms with Gasteiger partial charge in [-0.3, -0.25) is 14.4 Å². The third-order valence-corrected chi connectivity index (χ3v) is 4.03. The van der Waals surface area contributed by atoms with Gasteiger partial charge in [-0.25, -0.2) is 0 Å². The summed E-state index contributed by atoms with van der Waals surface area (Å²) in [5, 5.41) is 13.8. The number of carbonyl (C=O) groups is 1. The highest BCUT2D eigenvalue weighted by molar-refractivity contribution is 5.74. The first kappa shape index (κ1) is 13.8. The molecule has 0 spiro atoms. The van der Waals surface area contributed by atoms with Gasteiger partial charge in [-0.15, -0.1) is 0 Å². The summed E-state index contributed by atoms with van der Waals surface area (Å²) in [6.07, 6.45) is 4.37. The van der Waals surface area contributed by atoms with Crippen LogP contribution in [0.5, 0.6) is 0 Å². The minimum Gasteiger partial charge on any atom is -0.480 e. The van der Waals surface area contributed by atoms with Crippen LogP contribution in [0.15, 0.2) is 36.7 Å². The summed E-state index contributed by atoms with van der Waals surface area (Å²) in [4.78, 5) is 13.6. The minimum absolute atomic E-state index is 0.468. The molecule has 0 bridgehead atoms. The highest BCUT2D eigenvalue weighted by Gasteiger charge is 2.31. The molecule has 0 saturated carbocycles. The lowest BCUT2D eigenvalue weighted by molar-refractivity contribution is -0.144. The molecule has 1 aliphatic rings. The number of aromatic nitrogens is 2. The molecule has 1 N–H and O–H groups in total. The van der Waals surface area contributed by atoms with Gasteiger partial charge in [0.25, 0.3) is 0 Å². The second-order valence-electron chi connectivity index (χ2n) is 5.44. The van der Waals surface area contributed by atoms with Gasteiger partial charge in [-0.05, 0) is 24.5 Å². The fourth-order valence-electron chi connectivity index (χ4n) is 2.88. The third-order valence-electron chi connectivity index (χ3n) is 4.03. The van der Waals surface area contributed by atoms with E-state index in [4.69, 9.17) is 0 Å². The molecule has 0 unspecified atom stereocenters. The van der Waals surface area contributed by atoms with Crippen molar-refractivity contribution < 1.29 is 9.90 Å². The van der Waals surface area contributed by atoms with E-state index < -0.39 is 12.0 Å². The van der Waals surface area contributed by atoms with E-state index in [-0.39, 0.29) is 0 Å². The van der Waals surface area contributed by atoms with Crippen molar-refractivity contribution in [1.29, 1.82) is 0 Å². The molecule has 0 radical (unpaired) electrons. The average Bonchev–Trinajstić information content (AvgIpc) is 2.94. The lowest BCUT2D eigenvalue weighted by Crippen LogP contribution is -2.44. The fourth-order valence-corrected chi connectivity index (χ4v) is 2.88. The normalized spacial score (nSPS) is 18.4. The first-order valence-electron chi connectivity index (χ1n) is 7.22. The van der Waals surface area contributed by atoms with Gasteiger partial charge in [-0.2, -0.15) is 5.10 Å². The molecule has 5 nitrogen and oxygen atoms in total. The lowest BCUT2D eigenvalue weighted by Gasteiger charge is -2.34. The van der Waals surface area contributed by atoms with Crippen LogP contribution in [0.1, 0.15) is 23.6 Å². The Morgan fingerprint density at radius 2 is 2.14 bits per heavy atom. The Morgan fingerprint density at radius 3 is 2.81 bits per heavy atom. The van der Waals surface area contributed by atoms with Crippen molar-refractivity contribution >= 4 is 5.97 Å². The van der Waals surface area contributed by atoms with Crippen LogP contribution >= 0.6 is 0 Å². The molecule has 2 aromatic rings. The Bertz CT molecular complexity index is 650. The Balaban J connectivity index is 1.83. The molecule has 5 heteroatoms. The molecular formula is C16H19N3O2. The van der Waals surface area contributed by atoms with Crippen LogP contribution in [0.25, 0.3) is 0 Å². The maximum atomic E-state index is 11.6. The highest BCUT2D eigenvalue weighted by atomic mass is 16.4. The van der Waals surface area contributed by atoms with E-state index in [2.05, 4.69) is 11.2 Å². The van der Waals surface area contributed by atoms with Crippen LogP contribution in [0.3, 0.4) is 0 Å². The summed E-state index contributed by atoms with van der Waals surface area (Å²) in [6.45, 7) is 4.15. The van der Waals surface area contributed by atoms with Crippen LogP contribution in [0.2, 0.25) is 0 Å². The molecule has 2 heterocycles. The van der Waals surface area contributed by atoms with Gasteiger partial charge in [0.2, 0.25) is 0 Å². The molecule has 21 heavy (non-hydrogen) atoms. The number of carboxylic acid groups (broad SMARTS) is 1. The predicted octanol–water partition coefficient (Wildman–Crippen LogP) is 1.91. The van der Waals surface area contributed by atoms with E-state index in [1.807, 2.05) is 47.1 Å². The summed E-state index contributed by atoms with van der Waals surface area (Å²) in [5.41, 5.74) is 3.42. The zero-order chi connectivity index (χ0) is 14.8. The first-order chi connectivity index (χ1) is 10.2. The number of carboxylic acids is 1. The van der Waals surface area contributed by atoms with Gasteiger partial charge in [0.15, 0.2) is 0 Å². The smallest absolute Gasteiger partial charge is 0.321 e. The molecule has 0 aliphatic carbocycles. The van der Waals surface area contributed by atoms with Crippen LogP contribution in [0, 0.1) is 0 Å². The van der Waals surface area contributed by atoms with Gasteiger partial charge in [0.05, 0.1) is 6.20 Å². The molecule has 1 aromatic heterocycles. The van der Waals surface area contributed by atoms with E-state index in [1.165, 1.54) is 5.56 Å². The van der Waals surface area contributed by atoms with Crippen molar-refractivity contribution in [2.45, 2.75) is 39.0 Å². The number of hydrogen-bond acceptors (Lipinski definition) is 3. The number of aryl methyl sites for hydroxylation is 1. The maximum Gasteiger partial charge on any atom is 0.321 e. The Labute approximate surface area is 123 Å². The zero-order valence-corrected chi connectivity index (χ0v) is 12.1. The minimum atomic E-state index is -0.757. The van der Waals surface area contributed by atoms with Crippen LogP contribution in [0.4, 0.5) is 0 Å². The largest absolute Gasteiger partial charge is 0.480 e. The van der Waals surface area contributed by atoms with E-state index in [1.54, 1.807) is 0 Å². The van der Waals surface area contributed by atoms with E-state index >= 15 is 0 Å². The number of nitrogens with zero attached hydrogens (tertiary/aromatic N) is 3. The SMILES string of the molecule is CCn1cc(CN2Cc3ccccc3C[C@H]2C(=O)O)cn1. The number of fused-ring (bicyclic) bond motifs is 1. The zero-order valence-electron chi connectivity index (χ0n) is 12.1. The van der Waals surface area contributed by atoms with Crippen molar-refractivity contribution in [3.8, 4) is 0 Å². The van der Waals surface area contributed by atoms with E-state index in [0.717, 1.165) is 17.7 Å². The molecule has 3 rings (SSSR count). The van der Waals surface area contributed by atoms with Gasteiger partial charge in [-0.1, -0.05) is 24.3 Å². The van der Waals surface area contributed by atoms with Crippen molar-refractivity contribution in [3.05, 3.63) is 53.3 Å². The monoisotopic (exact) mass is 285 g/mol. The standard InChI is InChI=1S/C16H19N3O2/c1-2-19-10-12(8-17-19)9-18-11-14-6-4-3-5-13(14)7-15(18)16(20)21/h3-6,8,10,15H,2,7,9,11H2,1H3,(H,20,21)/t15-/m0/s1. The Hall–Kier alpha value is -2.14. The first-order valence-corrected chi connectivity index (χ1v) is 7.22. The topological polar surface area (TPSA) is 58.4 Å². The van der Waals surface area contributed by atoms with Crippen molar-refractivity contribution in [3.63, 3.8) is 0 Å². The van der Waals surface area contributed by atoms with Crippen LogP contribution < -0.4 is 0 Å². The summed E-state index contributed by atoms with van der Waals surface area (Å²) in [5.74, 6) is -0.757. The molecule has 0 amide bonds. The molecule has 1 aromatic carbocycles. The van der Waals surface area contributed by atoms with Gasteiger partial charge in [0, 0.05) is 31.4 Å². The van der Waals surface area contributed by atoms with Crippen molar-refractivity contribution in [1.82, 2.24) is 14.7 Å². The molecule has 110 valence electrons. The summed E-state index contributed by atoms with van der Waals surface area (Å²) >= 11 is 0. The van der Waals surface area contributed by atoms with Gasteiger partial charge in [0.1, 0.15) is 6.04 Å². The fraction of sp³-hybridized carbons (Fsp3) is 0.375. The number of rotatable bonds is 4. The number of aliphatic carboxylic acids is 1.